The molecule has 0 aromatic carbocycles. The molecule has 1 saturated heterocycles. The van der Waals surface area contributed by atoms with Crippen molar-refractivity contribution in [2.75, 3.05) is 13.1 Å². The molecular formula is C15H25N3. The first-order valence-electron chi connectivity index (χ1n) is 7.42. The Labute approximate surface area is 110 Å². The fourth-order valence-corrected chi connectivity index (χ4v) is 3.73. The molecule has 0 amide bonds. The number of aromatic nitrogens is 2. The highest BCUT2D eigenvalue weighted by Crippen LogP contribution is 2.39. The van der Waals surface area contributed by atoms with E-state index in [1.54, 1.807) is 0 Å². The van der Waals surface area contributed by atoms with Gasteiger partial charge in [-0.3, -0.25) is 0 Å². The lowest BCUT2D eigenvalue weighted by atomic mass is 9.78. The lowest BCUT2D eigenvalue weighted by molar-refractivity contribution is 0.307. The van der Waals surface area contributed by atoms with E-state index in [2.05, 4.69) is 41.2 Å². The molecule has 100 valence electrons. The molecule has 2 atom stereocenters. The molecule has 18 heavy (non-hydrogen) atoms. The zero-order chi connectivity index (χ0) is 12.6. The predicted molar refractivity (Wildman–Crippen MR) is 73.7 cm³/mol. The Bertz CT molecular complexity index is 404. The zero-order valence-corrected chi connectivity index (χ0v) is 11.7. The SMILES string of the molecule is CC1CCC(n2cncc2C2(C)CCNCC2)C1. The van der Waals surface area contributed by atoms with Crippen LogP contribution in [0, 0.1) is 5.92 Å². The highest BCUT2D eigenvalue weighted by atomic mass is 15.1. The number of nitrogens with zero attached hydrogens (tertiary/aromatic N) is 2. The largest absolute Gasteiger partial charge is 0.331 e. The van der Waals surface area contributed by atoms with Crippen LogP contribution in [0.2, 0.25) is 0 Å². The summed E-state index contributed by atoms with van der Waals surface area (Å²) in [5, 5.41) is 3.47. The molecule has 1 aliphatic carbocycles. The number of rotatable bonds is 2. The number of nitrogens with one attached hydrogen (secondary N) is 1. The van der Waals surface area contributed by atoms with Crippen molar-refractivity contribution in [1.82, 2.24) is 14.9 Å². The molecule has 3 rings (SSSR count). The minimum Gasteiger partial charge on any atom is -0.331 e. The van der Waals surface area contributed by atoms with Crippen LogP contribution in [0.1, 0.15) is 57.7 Å². The summed E-state index contributed by atoms with van der Waals surface area (Å²) in [5.74, 6) is 0.881. The summed E-state index contributed by atoms with van der Waals surface area (Å²) in [6, 6.07) is 0.698. The smallest absolute Gasteiger partial charge is 0.0950 e. The quantitative estimate of drug-likeness (QED) is 0.871. The van der Waals surface area contributed by atoms with Gasteiger partial charge in [0.05, 0.1) is 6.33 Å². The molecule has 2 unspecified atom stereocenters. The minimum absolute atomic E-state index is 0.327. The Kier molecular flexibility index (Phi) is 3.18. The standard InChI is InChI=1S/C15H25N3/c1-12-3-4-13(9-12)18-11-17-10-14(18)15(2)5-7-16-8-6-15/h10-13,16H,3-9H2,1-2H3. The van der Waals surface area contributed by atoms with Gasteiger partial charge in [0.2, 0.25) is 0 Å². The van der Waals surface area contributed by atoms with E-state index >= 15 is 0 Å². The third-order valence-corrected chi connectivity index (χ3v) is 5.05. The van der Waals surface area contributed by atoms with Crippen LogP contribution in [-0.4, -0.2) is 22.6 Å². The van der Waals surface area contributed by atoms with E-state index in [9.17, 15) is 0 Å². The van der Waals surface area contributed by atoms with Crippen molar-refractivity contribution < 1.29 is 0 Å². The van der Waals surface area contributed by atoms with E-state index in [1.165, 1.54) is 37.8 Å². The minimum atomic E-state index is 0.327. The van der Waals surface area contributed by atoms with Gasteiger partial charge in [0.1, 0.15) is 0 Å². The summed E-state index contributed by atoms with van der Waals surface area (Å²) < 4.78 is 2.49. The maximum atomic E-state index is 4.45. The third-order valence-electron chi connectivity index (χ3n) is 5.05. The Morgan fingerprint density at radius 1 is 1.33 bits per heavy atom. The van der Waals surface area contributed by atoms with Crippen molar-refractivity contribution >= 4 is 0 Å². The maximum absolute atomic E-state index is 4.45. The van der Waals surface area contributed by atoms with Crippen LogP contribution in [0.3, 0.4) is 0 Å². The maximum Gasteiger partial charge on any atom is 0.0950 e. The molecule has 0 radical (unpaired) electrons. The highest BCUT2D eigenvalue weighted by molar-refractivity contribution is 5.16. The molecule has 3 nitrogen and oxygen atoms in total. The summed E-state index contributed by atoms with van der Waals surface area (Å²) >= 11 is 0. The first kappa shape index (κ1) is 12.2. The molecule has 0 bridgehead atoms. The Morgan fingerprint density at radius 2 is 2.11 bits per heavy atom. The molecule has 0 spiro atoms. The second kappa shape index (κ2) is 4.69. The first-order valence-corrected chi connectivity index (χ1v) is 7.42. The fourth-order valence-electron chi connectivity index (χ4n) is 3.73. The molecule has 2 aliphatic rings. The van der Waals surface area contributed by atoms with E-state index in [0.717, 1.165) is 19.0 Å². The lowest BCUT2D eigenvalue weighted by Crippen LogP contribution is -2.39. The van der Waals surface area contributed by atoms with Gasteiger partial charge in [0.15, 0.2) is 0 Å². The monoisotopic (exact) mass is 247 g/mol. The van der Waals surface area contributed by atoms with Crippen molar-refractivity contribution in [3.63, 3.8) is 0 Å². The average molecular weight is 247 g/mol. The van der Waals surface area contributed by atoms with Crippen LogP contribution in [0.4, 0.5) is 0 Å². The van der Waals surface area contributed by atoms with Gasteiger partial charge in [-0.1, -0.05) is 13.8 Å². The Hall–Kier alpha value is -0.830. The van der Waals surface area contributed by atoms with Crippen molar-refractivity contribution in [3.05, 3.63) is 18.2 Å². The fraction of sp³-hybridized carbons (Fsp3) is 0.800. The van der Waals surface area contributed by atoms with Crippen LogP contribution in [0.25, 0.3) is 0 Å². The van der Waals surface area contributed by atoms with E-state index in [0.29, 0.717) is 11.5 Å². The Balaban J connectivity index is 1.86. The van der Waals surface area contributed by atoms with Gasteiger partial charge in [0.25, 0.3) is 0 Å². The van der Waals surface area contributed by atoms with Gasteiger partial charge >= 0.3 is 0 Å². The van der Waals surface area contributed by atoms with Crippen LogP contribution >= 0.6 is 0 Å². The predicted octanol–water partition coefficient (Wildman–Crippen LogP) is 2.89. The van der Waals surface area contributed by atoms with Crippen LogP contribution in [0.15, 0.2) is 12.5 Å². The second-order valence-corrected chi connectivity index (χ2v) is 6.57. The summed E-state index contributed by atoms with van der Waals surface area (Å²) in [7, 11) is 0. The number of hydrogen-bond donors (Lipinski definition) is 1. The number of piperidine rings is 1. The zero-order valence-electron chi connectivity index (χ0n) is 11.7. The number of hydrogen-bond acceptors (Lipinski definition) is 2. The molecule has 1 aromatic rings. The van der Waals surface area contributed by atoms with Crippen LogP contribution in [-0.2, 0) is 5.41 Å². The number of imidazole rings is 1. The van der Waals surface area contributed by atoms with Crippen molar-refractivity contribution in [2.24, 2.45) is 5.92 Å². The van der Waals surface area contributed by atoms with Gasteiger partial charge in [-0.2, -0.15) is 0 Å². The second-order valence-electron chi connectivity index (χ2n) is 6.57. The molecule has 1 saturated carbocycles. The molecule has 1 aliphatic heterocycles. The summed E-state index contributed by atoms with van der Waals surface area (Å²) in [6.45, 7) is 7.08. The van der Waals surface area contributed by atoms with Gasteiger partial charge in [-0.05, 0) is 51.1 Å². The lowest BCUT2D eigenvalue weighted by Gasteiger charge is -2.35. The van der Waals surface area contributed by atoms with E-state index in [-0.39, 0.29) is 0 Å². The molecule has 1 aromatic heterocycles. The summed E-state index contributed by atoms with van der Waals surface area (Å²) in [4.78, 5) is 4.45. The average Bonchev–Trinajstić information content (AvgIpc) is 2.98. The third kappa shape index (κ3) is 2.09. The Morgan fingerprint density at radius 3 is 2.78 bits per heavy atom. The van der Waals surface area contributed by atoms with E-state index < -0.39 is 0 Å². The van der Waals surface area contributed by atoms with Crippen LogP contribution < -0.4 is 5.32 Å². The topological polar surface area (TPSA) is 29.9 Å². The normalized spacial score (nSPS) is 31.7. The van der Waals surface area contributed by atoms with Crippen molar-refractivity contribution in [3.8, 4) is 0 Å². The van der Waals surface area contributed by atoms with Gasteiger partial charge < -0.3 is 9.88 Å². The van der Waals surface area contributed by atoms with Crippen molar-refractivity contribution in [2.45, 2.75) is 57.4 Å². The van der Waals surface area contributed by atoms with Crippen molar-refractivity contribution in [1.29, 1.82) is 0 Å². The summed E-state index contributed by atoms with van der Waals surface area (Å²) in [6.07, 6.45) is 10.7. The van der Waals surface area contributed by atoms with Gasteiger partial charge in [0, 0.05) is 23.3 Å². The van der Waals surface area contributed by atoms with E-state index in [1.807, 2.05) is 0 Å². The van der Waals surface area contributed by atoms with Crippen LogP contribution in [0.5, 0.6) is 0 Å². The van der Waals surface area contributed by atoms with Gasteiger partial charge in [-0.25, -0.2) is 4.98 Å². The van der Waals surface area contributed by atoms with E-state index in [4.69, 9.17) is 0 Å². The molecular weight excluding hydrogens is 222 g/mol. The first-order chi connectivity index (χ1) is 8.69. The summed E-state index contributed by atoms with van der Waals surface area (Å²) in [5.41, 5.74) is 1.80. The van der Waals surface area contributed by atoms with Gasteiger partial charge in [-0.15, -0.1) is 0 Å². The molecule has 3 heteroatoms. The molecule has 2 heterocycles. The molecule has 1 N–H and O–H groups in total. The molecule has 2 fully saturated rings. The highest BCUT2D eigenvalue weighted by Gasteiger charge is 2.34.